The number of rotatable bonds is 5. The van der Waals surface area contributed by atoms with Crippen molar-refractivity contribution in [3.05, 3.63) is 86.0 Å². The second-order valence-electron chi connectivity index (χ2n) is 6.04. The van der Waals surface area contributed by atoms with Gasteiger partial charge in [0, 0.05) is 17.0 Å². The van der Waals surface area contributed by atoms with E-state index in [1.54, 1.807) is 13.2 Å². The highest BCUT2D eigenvalue weighted by molar-refractivity contribution is 9.10. The molecular formula is C20H18BrN3O3. The SMILES string of the molecule is COc1ccc(Cc2nc(C(=O)Nc3ccc(C)cc3Br)cc(=O)[nH]2)cc1. The highest BCUT2D eigenvalue weighted by Crippen LogP contribution is 2.23. The van der Waals surface area contributed by atoms with Crippen LogP contribution < -0.4 is 15.6 Å². The largest absolute Gasteiger partial charge is 0.497 e. The van der Waals surface area contributed by atoms with E-state index in [2.05, 4.69) is 31.2 Å². The van der Waals surface area contributed by atoms with Gasteiger partial charge in [-0.1, -0.05) is 18.2 Å². The predicted octanol–water partition coefficient (Wildman–Crippen LogP) is 3.69. The summed E-state index contributed by atoms with van der Waals surface area (Å²) in [5.41, 5.74) is 2.31. The summed E-state index contributed by atoms with van der Waals surface area (Å²) in [5.74, 6) is 0.722. The highest BCUT2D eigenvalue weighted by atomic mass is 79.9. The third-order valence-electron chi connectivity index (χ3n) is 3.93. The van der Waals surface area contributed by atoms with Crippen LogP contribution in [0.5, 0.6) is 5.75 Å². The predicted molar refractivity (Wildman–Crippen MR) is 107 cm³/mol. The van der Waals surface area contributed by atoms with Crippen LogP contribution in [0.15, 0.2) is 57.8 Å². The zero-order chi connectivity index (χ0) is 19.4. The fourth-order valence-corrected chi connectivity index (χ4v) is 3.15. The number of H-pyrrole nitrogens is 1. The van der Waals surface area contributed by atoms with Gasteiger partial charge < -0.3 is 15.0 Å². The molecule has 1 aromatic heterocycles. The van der Waals surface area contributed by atoms with Crippen LogP contribution in [0, 0.1) is 6.92 Å². The van der Waals surface area contributed by atoms with Gasteiger partial charge in [0.05, 0.1) is 12.8 Å². The molecular weight excluding hydrogens is 410 g/mol. The molecule has 2 aromatic carbocycles. The van der Waals surface area contributed by atoms with Crippen LogP contribution >= 0.6 is 15.9 Å². The number of hydrogen-bond donors (Lipinski definition) is 2. The lowest BCUT2D eigenvalue weighted by Gasteiger charge is -2.09. The summed E-state index contributed by atoms with van der Waals surface area (Å²) in [7, 11) is 1.60. The van der Waals surface area contributed by atoms with Crippen molar-refractivity contribution in [3.63, 3.8) is 0 Å². The fourth-order valence-electron chi connectivity index (χ4n) is 2.55. The monoisotopic (exact) mass is 427 g/mol. The van der Waals surface area contributed by atoms with E-state index in [0.717, 1.165) is 21.3 Å². The van der Waals surface area contributed by atoms with Crippen LogP contribution in [-0.4, -0.2) is 23.0 Å². The summed E-state index contributed by atoms with van der Waals surface area (Å²) in [6.07, 6.45) is 0.397. The minimum atomic E-state index is -0.443. The molecule has 0 spiro atoms. The minimum Gasteiger partial charge on any atom is -0.497 e. The van der Waals surface area contributed by atoms with Crippen molar-refractivity contribution >= 4 is 27.5 Å². The highest BCUT2D eigenvalue weighted by Gasteiger charge is 2.12. The van der Waals surface area contributed by atoms with Crippen LogP contribution in [0.3, 0.4) is 0 Å². The Morgan fingerprint density at radius 3 is 2.59 bits per heavy atom. The normalized spacial score (nSPS) is 10.5. The summed E-state index contributed by atoms with van der Waals surface area (Å²) in [6, 6.07) is 14.2. The number of anilines is 1. The van der Waals surface area contributed by atoms with E-state index >= 15 is 0 Å². The number of carbonyl (C=O) groups is 1. The molecule has 3 rings (SSSR count). The first-order valence-corrected chi connectivity index (χ1v) is 9.04. The lowest BCUT2D eigenvalue weighted by Crippen LogP contribution is -2.20. The van der Waals surface area contributed by atoms with Crippen LogP contribution in [0.25, 0.3) is 0 Å². The maximum absolute atomic E-state index is 12.5. The minimum absolute atomic E-state index is 0.0646. The Kier molecular flexibility index (Phi) is 5.71. The number of aryl methyl sites for hydroxylation is 1. The molecule has 27 heavy (non-hydrogen) atoms. The average Bonchev–Trinajstić information content (AvgIpc) is 2.64. The van der Waals surface area contributed by atoms with Gasteiger partial charge in [-0.15, -0.1) is 0 Å². The molecule has 1 amide bonds. The lowest BCUT2D eigenvalue weighted by molar-refractivity contribution is 0.102. The number of halogens is 1. The maximum Gasteiger partial charge on any atom is 0.274 e. The smallest absolute Gasteiger partial charge is 0.274 e. The number of ether oxygens (including phenoxy) is 1. The first-order valence-electron chi connectivity index (χ1n) is 8.25. The van der Waals surface area contributed by atoms with Gasteiger partial charge in [0.1, 0.15) is 17.3 Å². The quantitative estimate of drug-likeness (QED) is 0.649. The Morgan fingerprint density at radius 2 is 1.93 bits per heavy atom. The Morgan fingerprint density at radius 1 is 1.19 bits per heavy atom. The number of nitrogens with one attached hydrogen (secondary N) is 2. The molecule has 3 aromatic rings. The molecule has 0 aliphatic rings. The molecule has 7 heteroatoms. The first-order chi connectivity index (χ1) is 12.9. The van der Waals surface area contributed by atoms with Crippen molar-refractivity contribution in [2.75, 3.05) is 12.4 Å². The van der Waals surface area contributed by atoms with Crippen molar-refractivity contribution in [2.45, 2.75) is 13.3 Å². The molecule has 138 valence electrons. The van der Waals surface area contributed by atoms with Gasteiger partial charge in [0.2, 0.25) is 0 Å². The second kappa shape index (κ2) is 8.18. The van der Waals surface area contributed by atoms with Gasteiger partial charge in [-0.3, -0.25) is 9.59 Å². The molecule has 0 saturated heterocycles. The summed E-state index contributed by atoms with van der Waals surface area (Å²) in [5, 5.41) is 2.77. The summed E-state index contributed by atoms with van der Waals surface area (Å²) >= 11 is 3.42. The number of benzene rings is 2. The molecule has 0 radical (unpaired) electrons. The summed E-state index contributed by atoms with van der Waals surface area (Å²) < 4.78 is 5.90. The molecule has 0 fully saturated rings. The molecule has 6 nitrogen and oxygen atoms in total. The lowest BCUT2D eigenvalue weighted by atomic mass is 10.1. The third kappa shape index (κ3) is 4.83. The number of amides is 1. The van der Waals surface area contributed by atoms with Crippen LogP contribution in [-0.2, 0) is 6.42 Å². The molecule has 0 aliphatic carbocycles. The average molecular weight is 428 g/mol. The molecule has 0 aliphatic heterocycles. The molecule has 2 N–H and O–H groups in total. The van der Waals surface area contributed by atoms with Gasteiger partial charge >= 0.3 is 0 Å². The standard InChI is InChI=1S/C20H18BrN3O3/c1-12-3-8-16(15(21)9-12)23-20(26)17-11-19(25)24-18(22-17)10-13-4-6-14(27-2)7-5-13/h3-9,11H,10H2,1-2H3,(H,23,26)(H,22,24,25). The van der Waals surface area contributed by atoms with E-state index in [0.29, 0.717) is 17.9 Å². The number of carbonyl (C=O) groups excluding carboxylic acids is 1. The van der Waals surface area contributed by atoms with Crippen molar-refractivity contribution in [1.29, 1.82) is 0 Å². The van der Waals surface area contributed by atoms with Gasteiger partial charge in [0.25, 0.3) is 11.5 Å². The van der Waals surface area contributed by atoms with Crippen LogP contribution in [0.4, 0.5) is 5.69 Å². The van der Waals surface area contributed by atoms with E-state index in [9.17, 15) is 9.59 Å². The van der Waals surface area contributed by atoms with E-state index in [4.69, 9.17) is 4.74 Å². The number of aromatic nitrogens is 2. The van der Waals surface area contributed by atoms with Gasteiger partial charge in [-0.2, -0.15) is 0 Å². The molecule has 0 unspecified atom stereocenters. The molecule has 0 bridgehead atoms. The first kappa shape index (κ1) is 18.8. The zero-order valence-corrected chi connectivity index (χ0v) is 16.5. The summed E-state index contributed by atoms with van der Waals surface area (Å²) in [6.45, 7) is 1.96. The topological polar surface area (TPSA) is 84.1 Å². The zero-order valence-electron chi connectivity index (χ0n) is 14.9. The number of nitrogens with zero attached hydrogens (tertiary/aromatic N) is 1. The Labute approximate surface area is 164 Å². The number of hydrogen-bond acceptors (Lipinski definition) is 4. The maximum atomic E-state index is 12.5. The van der Waals surface area contributed by atoms with E-state index < -0.39 is 5.91 Å². The van der Waals surface area contributed by atoms with Gasteiger partial charge in [0.15, 0.2) is 0 Å². The van der Waals surface area contributed by atoms with Crippen LogP contribution in [0.1, 0.15) is 27.4 Å². The summed E-state index contributed by atoms with van der Waals surface area (Å²) in [4.78, 5) is 31.5. The Hall–Kier alpha value is -2.93. The van der Waals surface area contributed by atoms with Gasteiger partial charge in [-0.25, -0.2) is 4.98 Å². The number of methoxy groups -OCH3 is 1. The molecule has 0 atom stereocenters. The van der Waals surface area contributed by atoms with E-state index in [1.165, 1.54) is 6.07 Å². The molecule has 0 saturated carbocycles. The third-order valence-corrected chi connectivity index (χ3v) is 4.58. The number of aromatic amines is 1. The van der Waals surface area contributed by atoms with E-state index in [1.807, 2.05) is 43.3 Å². The van der Waals surface area contributed by atoms with Crippen molar-refractivity contribution in [3.8, 4) is 5.75 Å². The van der Waals surface area contributed by atoms with Crippen molar-refractivity contribution < 1.29 is 9.53 Å². The van der Waals surface area contributed by atoms with Gasteiger partial charge in [-0.05, 0) is 58.2 Å². The second-order valence-corrected chi connectivity index (χ2v) is 6.89. The molecule has 1 heterocycles. The Bertz CT molecular complexity index is 1030. The van der Waals surface area contributed by atoms with Crippen molar-refractivity contribution in [2.24, 2.45) is 0 Å². The van der Waals surface area contributed by atoms with Crippen LogP contribution in [0.2, 0.25) is 0 Å². The van der Waals surface area contributed by atoms with E-state index in [-0.39, 0.29) is 11.3 Å². The van der Waals surface area contributed by atoms with Crippen molar-refractivity contribution in [1.82, 2.24) is 9.97 Å². The Balaban J connectivity index is 1.81. The fraction of sp³-hybridized carbons (Fsp3) is 0.150.